The predicted molar refractivity (Wildman–Crippen MR) is 35.6 cm³/mol. The van der Waals surface area contributed by atoms with Crippen molar-refractivity contribution in [2.75, 3.05) is 13.2 Å². The highest BCUT2D eigenvalue weighted by atomic mass is 19.4. The summed E-state index contributed by atoms with van der Waals surface area (Å²) in [4.78, 5) is 20.6. The maximum Gasteiger partial charge on any atom is 0.471 e. The summed E-state index contributed by atoms with van der Waals surface area (Å²) in [5, 5.41) is 9.21. The van der Waals surface area contributed by atoms with E-state index in [9.17, 15) is 22.8 Å². The minimum absolute atomic E-state index is 0.569. The lowest BCUT2D eigenvalue weighted by atomic mass is 10.5. The molecule has 1 amide bonds. The first-order chi connectivity index (χ1) is 6.38. The molecule has 0 heterocycles. The molecule has 14 heavy (non-hydrogen) atoms. The van der Waals surface area contributed by atoms with Gasteiger partial charge in [-0.1, -0.05) is 0 Å². The molecule has 78 valence electrons. The standard InChI is InChI=1S/C6H5F3N2O3/c7-6(8,9)5(13)11-3-4(12)14-2-1-10/h2-3H2,(H,11,13). The number of ether oxygens (including phenoxy) is 1. The maximum atomic E-state index is 11.5. The van der Waals surface area contributed by atoms with Gasteiger partial charge in [0.2, 0.25) is 0 Å². The second kappa shape index (κ2) is 5.06. The summed E-state index contributed by atoms with van der Waals surface area (Å²) in [6, 6.07) is 1.44. The van der Waals surface area contributed by atoms with Crippen LogP contribution in [-0.2, 0) is 14.3 Å². The number of hydrogen-bond acceptors (Lipinski definition) is 4. The van der Waals surface area contributed by atoms with E-state index >= 15 is 0 Å². The van der Waals surface area contributed by atoms with Crippen molar-refractivity contribution in [1.82, 2.24) is 5.32 Å². The molecule has 0 spiro atoms. The average Bonchev–Trinajstić information content (AvgIpc) is 2.09. The van der Waals surface area contributed by atoms with Gasteiger partial charge in [-0.25, -0.2) is 0 Å². The van der Waals surface area contributed by atoms with Gasteiger partial charge in [0.15, 0.2) is 6.61 Å². The van der Waals surface area contributed by atoms with Gasteiger partial charge >= 0.3 is 18.1 Å². The van der Waals surface area contributed by atoms with E-state index in [1.54, 1.807) is 0 Å². The molecule has 0 aromatic heterocycles. The SMILES string of the molecule is N#CCOC(=O)CNC(=O)C(F)(F)F. The zero-order chi connectivity index (χ0) is 11.2. The van der Waals surface area contributed by atoms with Gasteiger partial charge in [0.1, 0.15) is 12.6 Å². The number of nitrogens with zero attached hydrogens (tertiary/aromatic N) is 1. The van der Waals surface area contributed by atoms with E-state index in [1.807, 2.05) is 0 Å². The van der Waals surface area contributed by atoms with Crippen LogP contribution in [-0.4, -0.2) is 31.2 Å². The first-order valence-corrected chi connectivity index (χ1v) is 3.25. The third-order valence-electron chi connectivity index (χ3n) is 0.948. The summed E-state index contributed by atoms with van der Waals surface area (Å²) in [5.74, 6) is -3.34. The van der Waals surface area contributed by atoms with Gasteiger partial charge in [0.05, 0.1) is 0 Å². The van der Waals surface area contributed by atoms with Crippen LogP contribution < -0.4 is 5.32 Å². The van der Waals surface area contributed by atoms with Crippen LogP contribution >= 0.6 is 0 Å². The van der Waals surface area contributed by atoms with Gasteiger partial charge in [-0.3, -0.25) is 9.59 Å². The second-order valence-electron chi connectivity index (χ2n) is 2.00. The monoisotopic (exact) mass is 210 g/mol. The first-order valence-electron chi connectivity index (χ1n) is 3.25. The third-order valence-corrected chi connectivity index (χ3v) is 0.948. The zero-order valence-corrected chi connectivity index (χ0v) is 6.72. The number of rotatable bonds is 3. The summed E-state index contributed by atoms with van der Waals surface area (Å²) >= 11 is 0. The van der Waals surface area contributed by atoms with Crippen molar-refractivity contribution in [2.24, 2.45) is 0 Å². The fourth-order valence-electron chi connectivity index (χ4n) is 0.416. The summed E-state index contributed by atoms with van der Waals surface area (Å²) in [5.41, 5.74) is 0. The van der Waals surface area contributed by atoms with Crippen LogP contribution in [0, 0.1) is 11.3 Å². The van der Waals surface area contributed by atoms with Crippen molar-refractivity contribution in [2.45, 2.75) is 6.18 Å². The molecule has 0 fully saturated rings. The highest BCUT2D eigenvalue weighted by molar-refractivity contribution is 5.85. The Morgan fingerprint density at radius 3 is 2.43 bits per heavy atom. The van der Waals surface area contributed by atoms with Crippen molar-refractivity contribution in [3.05, 3.63) is 0 Å². The van der Waals surface area contributed by atoms with Crippen molar-refractivity contribution >= 4 is 11.9 Å². The van der Waals surface area contributed by atoms with Gasteiger partial charge in [-0.2, -0.15) is 18.4 Å². The topological polar surface area (TPSA) is 79.2 Å². The molecule has 8 heteroatoms. The molecule has 5 nitrogen and oxygen atoms in total. The highest BCUT2D eigenvalue weighted by Gasteiger charge is 2.38. The Morgan fingerprint density at radius 2 is 2.00 bits per heavy atom. The summed E-state index contributed by atoms with van der Waals surface area (Å²) in [6.45, 7) is -1.49. The molecular weight excluding hydrogens is 205 g/mol. The van der Waals surface area contributed by atoms with Crippen molar-refractivity contribution in [3.8, 4) is 6.07 Å². The molecule has 0 aliphatic carbocycles. The van der Waals surface area contributed by atoms with Crippen LogP contribution in [0.15, 0.2) is 0 Å². The highest BCUT2D eigenvalue weighted by Crippen LogP contribution is 2.13. The Balaban J connectivity index is 3.80. The van der Waals surface area contributed by atoms with Crippen LogP contribution in [0.4, 0.5) is 13.2 Å². The molecule has 0 radical (unpaired) electrons. The Kier molecular flexibility index (Phi) is 4.42. The van der Waals surface area contributed by atoms with E-state index in [0.717, 1.165) is 0 Å². The lowest BCUT2D eigenvalue weighted by molar-refractivity contribution is -0.174. The summed E-state index contributed by atoms with van der Waals surface area (Å²) in [7, 11) is 0. The van der Waals surface area contributed by atoms with E-state index < -0.39 is 31.2 Å². The molecule has 0 aromatic carbocycles. The van der Waals surface area contributed by atoms with Gasteiger partial charge < -0.3 is 10.1 Å². The average molecular weight is 210 g/mol. The molecule has 0 unspecified atom stereocenters. The van der Waals surface area contributed by atoms with E-state index in [1.165, 1.54) is 11.4 Å². The van der Waals surface area contributed by atoms with E-state index in [4.69, 9.17) is 5.26 Å². The molecule has 1 N–H and O–H groups in total. The second-order valence-corrected chi connectivity index (χ2v) is 2.00. The largest absolute Gasteiger partial charge is 0.471 e. The lowest BCUT2D eigenvalue weighted by Crippen LogP contribution is -2.40. The molecule has 0 atom stereocenters. The number of carbonyl (C=O) groups excluding carboxylic acids is 2. The van der Waals surface area contributed by atoms with E-state index in [-0.39, 0.29) is 0 Å². The number of esters is 1. The van der Waals surface area contributed by atoms with Gasteiger partial charge in [0, 0.05) is 0 Å². The molecule has 0 aromatic rings. The van der Waals surface area contributed by atoms with Gasteiger partial charge in [0.25, 0.3) is 0 Å². The van der Waals surface area contributed by atoms with Crippen LogP contribution in [0.5, 0.6) is 0 Å². The van der Waals surface area contributed by atoms with E-state index in [2.05, 4.69) is 4.74 Å². The molecule has 0 saturated carbocycles. The number of hydrogen-bond donors (Lipinski definition) is 1. The Morgan fingerprint density at radius 1 is 1.43 bits per heavy atom. The van der Waals surface area contributed by atoms with Crippen LogP contribution in [0.25, 0.3) is 0 Å². The quantitative estimate of drug-likeness (QED) is 0.650. The fraction of sp³-hybridized carbons (Fsp3) is 0.500. The third kappa shape index (κ3) is 4.97. The van der Waals surface area contributed by atoms with E-state index in [0.29, 0.717) is 0 Å². The first kappa shape index (κ1) is 12.2. The normalized spacial score (nSPS) is 10.1. The zero-order valence-electron chi connectivity index (χ0n) is 6.72. The minimum Gasteiger partial charge on any atom is -0.449 e. The number of amides is 1. The number of nitriles is 1. The van der Waals surface area contributed by atoms with Crippen molar-refractivity contribution in [1.29, 1.82) is 5.26 Å². The van der Waals surface area contributed by atoms with Crippen LogP contribution in [0.3, 0.4) is 0 Å². The molecule has 0 saturated heterocycles. The fourth-order valence-corrected chi connectivity index (χ4v) is 0.416. The van der Waals surface area contributed by atoms with Crippen molar-refractivity contribution < 1.29 is 27.5 Å². The molecule has 0 aliphatic heterocycles. The minimum atomic E-state index is -5.03. The Labute approximate surface area is 76.4 Å². The predicted octanol–water partition coefficient (Wildman–Crippen LogP) is -0.268. The lowest BCUT2D eigenvalue weighted by Gasteiger charge is -2.06. The van der Waals surface area contributed by atoms with Gasteiger partial charge in [-0.15, -0.1) is 0 Å². The summed E-state index contributed by atoms with van der Waals surface area (Å²) < 4.78 is 38.7. The Bertz CT molecular complexity index is 268. The maximum absolute atomic E-state index is 11.5. The summed E-state index contributed by atoms with van der Waals surface area (Å²) in [6.07, 6.45) is -5.03. The smallest absolute Gasteiger partial charge is 0.449 e. The Hall–Kier alpha value is -1.78. The number of nitrogens with one attached hydrogen (secondary N) is 1. The number of alkyl halides is 3. The van der Waals surface area contributed by atoms with Crippen LogP contribution in [0.2, 0.25) is 0 Å². The number of carbonyl (C=O) groups is 2. The van der Waals surface area contributed by atoms with Crippen LogP contribution in [0.1, 0.15) is 0 Å². The number of halogens is 3. The molecule has 0 aliphatic rings. The van der Waals surface area contributed by atoms with Gasteiger partial charge in [-0.05, 0) is 0 Å². The molecule has 0 bridgehead atoms. The molecule has 0 rings (SSSR count). The van der Waals surface area contributed by atoms with Crippen molar-refractivity contribution in [3.63, 3.8) is 0 Å². The molecular formula is C6H5F3N2O3.